The van der Waals surface area contributed by atoms with E-state index in [2.05, 4.69) is 0 Å². The molecule has 8 rings (SSSR count). The Morgan fingerprint density at radius 1 is 0.703 bits per heavy atom. The van der Waals surface area contributed by atoms with Crippen LogP contribution in [0.5, 0.6) is 11.5 Å². The van der Waals surface area contributed by atoms with Crippen LogP contribution in [-0.2, 0) is 9.59 Å². The van der Waals surface area contributed by atoms with Crippen LogP contribution in [0.2, 0.25) is 0 Å². The Bertz CT molecular complexity index is 1670. The summed E-state index contributed by atoms with van der Waals surface area (Å²) in [5.74, 6) is -10.3. The van der Waals surface area contributed by atoms with E-state index in [1.807, 2.05) is 0 Å². The number of benzene rings is 2. The first-order valence-electron chi connectivity index (χ1n) is 12.1. The average molecular weight is 498 g/mol. The molecule has 4 N–H and O–H groups in total. The molecule has 0 amide bonds. The highest BCUT2D eigenvalue weighted by molar-refractivity contribution is 6.35. The van der Waals surface area contributed by atoms with Gasteiger partial charge in [-0.05, 0) is 36.8 Å². The zero-order valence-electron chi connectivity index (χ0n) is 19.0. The van der Waals surface area contributed by atoms with Gasteiger partial charge in [0.2, 0.25) is 5.78 Å². The summed E-state index contributed by atoms with van der Waals surface area (Å²) in [4.78, 5) is 71.0. The van der Waals surface area contributed by atoms with Gasteiger partial charge in [0.1, 0.15) is 17.3 Å². The molecule has 4 saturated carbocycles. The number of carbonyl (C=O) groups excluding carboxylic acids is 5. The van der Waals surface area contributed by atoms with Crippen LogP contribution in [0.3, 0.4) is 0 Å². The van der Waals surface area contributed by atoms with Crippen molar-refractivity contribution in [3.05, 3.63) is 64.2 Å². The van der Waals surface area contributed by atoms with Crippen LogP contribution in [0.25, 0.3) is 5.76 Å². The molecule has 4 fully saturated rings. The van der Waals surface area contributed by atoms with Crippen molar-refractivity contribution in [1.82, 2.24) is 0 Å². The highest BCUT2D eigenvalue weighted by Gasteiger charge is 2.90. The van der Waals surface area contributed by atoms with Gasteiger partial charge >= 0.3 is 0 Å². The number of fused-ring (bicyclic) bond motifs is 4. The molecule has 9 nitrogen and oxygen atoms in total. The van der Waals surface area contributed by atoms with Crippen molar-refractivity contribution in [2.45, 2.75) is 18.4 Å². The summed E-state index contributed by atoms with van der Waals surface area (Å²) in [6.45, 7) is 0. The van der Waals surface area contributed by atoms with Crippen molar-refractivity contribution in [1.29, 1.82) is 0 Å². The third-order valence-corrected chi connectivity index (χ3v) is 10.3. The SMILES string of the molecule is O=C1C2=C(O)c3c(O)cccc3C(=O)C23[C@@H]2C[C@H]4[C@H]3C[C@@H]1C41C(=O)c3cccc(O)c3C(=O)[C@@]1(O)C2=O. The zero-order chi connectivity index (χ0) is 26.0. The summed E-state index contributed by atoms with van der Waals surface area (Å²) >= 11 is 0. The Morgan fingerprint density at radius 2 is 1.30 bits per heavy atom. The fraction of sp³-hybridized carbons (Fsp3) is 0.321. The van der Waals surface area contributed by atoms with Gasteiger partial charge in [-0.3, -0.25) is 24.0 Å². The van der Waals surface area contributed by atoms with E-state index in [-0.39, 0.29) is 35.1 Å². The lowest BCUT2D eigenvalue weighted by atomic mass is 9.43. The number of aliphatic hydroxyl groups is 2. The lowest BCUT2D eigenvalue weighted by Crippen LogP contribution is -2.74. The van der Waals surface area contributed by atoms with E-state index in [0.29, 0.717) is 0 Å². The van der Waals surface area contributed by atoms with Crippen LogP contribution < -0.4 is 0 Å². The van der Waals surface area contributed by atoms with Crippen LogP contribution in [0.1, 0.15) is 49.5 Å². The first kappa shape index (κ1) is 21.0. The van der Waals surface area contributed by atoms with Gasteiger partial charge in [0.25, 0.3) is 0 Å². The number of Topliss-reactive ketones (excluding diaryl/α,β-unsaturated/α-hetero) is 5. The summed E-state index contributed by atoms with van der Waals surface area (Å²) in [6, 6.07) is 7.92. The van der Waals surface area contributed by atoms with E-state index in [9.17, 15) is 44.4 Å². The number of hydrogen-bond acceptors (Lipinski definition) is 9. The number of carbonyl (C=O) groups is 5. The number of phenolic OH excluding ortho intramolecular Hbond substituents is 2. The molecule has 0 saturated heterocycles. The number of rotatable bonds is 0. The third kappa shape index (κ3) is 1.66. The van der Waals surface area contributed by atoms with Crippen molar-refractivity contribution in [3.8, 4) is 11.5 Å². The Labute approximate surface area is 208 Å². The number of phenols is 2. The number of ketones is 5. The first-order valence-corrected chi connectivity index (χ1v) is 12.1. The highest BCUT2D eigenvalue weighted by Crippen LogP contribution is 2.81. The van der Waals surface area contributed by atoms with Crippen molar-refractivity contribution in [2.24, 2.45) is 34.5 Å². The summed E-state index contributed by atoms with van der Waals surface area (Å²) in [7, 11) is 0. The van der Waals surface area contributed by atoms with E-state index in [1.54, 1.807) is 0 Å². The second kappa shape index (κ2) is 5.73. The standard InChI is InChI=1S/C28H18O9/c29-15-5-1-3-9-17(15)21(32)19-20(31)13-7-11-12-8-14(26(11,19)22(9)33)24(35)28(37)25(36)18-10(4-2-6-16(18)30)23(34)27(12,13)28/h1-6,11-14,29-30,32,37H,7-8H2/t11-,12+,13+,14-,26?,27?,28+/m1/s1. The predicted octanol–water partition coefficient (Wildman–Crippen LogP) is 1.78. The van der Waals surface area contributed by atoms with Gasteiger partial charge in [-0.15, -0.1) is 0 Å². The minimum absolute atomic E-state index is 0.0145. The maximum atomic E-state index is 14.3. The Morgan fingerprint density at radius 3 is 1.97 bits per heavy atom. The molecule has 0 aromatic heterocycles. The molecular weight excluding hydrogens is 480 g/mol. The van der Waals surface area contributed by atoms with E-state index in [4.69, 9.17) is 0 Å². The van der Waals surface area contributed by atoms with Crippen LogP contribution in [-0.4, -0.2) is 54.9 Å². The fourth-order valence-corrected chi connectivity index (χ4v) is 9.31. The molecule has 2 aromatic rings. The minimum Gasteiger partial charge on any atom is -0.507 e. The average Bonchev–Trinajstić information content (AvgIpc) is 3.35. The molecule has 0 heterocycles. The second-order valence-corrected chi connectivity index (χ2v) is 11.1. The lowest BCUT2D eigenvalue weighted by molar-refractivity contribution is -0.165. The van der Waals surface area contributed by atoms with Crippen molar-refractivity contribution >= 4 is 34.7 Å². The maximum Gasteiger partial charge on any atom is 0.207 e. The van der Waals surface area contributed by atoms with Gasteiger partial charge in [-0.25, -0.2) is 0 Å². The molecule has 2 spiro atoms. The monoisotopic (exact) mass is 498 g/mol. The number of aliphatic hydroxyl groups excluding tert-OH is 1. The van der Waals surface area contributed by atoms with Gasteiger partial charge < -0.3 is 20.4 Å². The van der Waals surface area contributed by atoms with Crippen LogP contribution in [0, 0.1) is 34.5 Å². The largest absolute Gasteiger partial charge is 0.507 e. The smallest absolute Gasteiger partial charge is 0.207 e. The molecule has 0 aliphatic heterocycles. The fourth-order valence-electron chi connectivity index (χ4n) is 9.31. The van der Waals surface area contributed by atoms with Crippen molar-refractivity contribution < 1.29 is 44.4 Å². The zero-order valence-corrected chi connectivity index (χ0v) is 19.0. The van der Waals surface area contributed by atoms with E-state index in [1.165, 1.54) is 36.4 Å². The highest BCUT2D eigenvalue weighted by atomic mass is 16.3. The molecule has 37 heavy (non-hydrogen) atoms. The molecule has 4 bridgehead atoms. The quantitative estimate of drug-likeness (QED) is 0.396. The summed E-state index contributed by atoms with van der Waals surface area (Å²) < 4.78 is 0. The lowest BCUT2D eigenvalue weighted by Gasteiger charge is -2.56. The Hall–Kier alpha value is -4.11. The third-order valence-electron chi connectivity index (χ3n) is 10.3. The topological polar surface area (TPSA) is 166 Å². The van der Waals surface area contributed by atoms with E-state index in [0.717, 1.165) is 0 Å². The van der Waals surface area contributed by atoms with E-state index < -0.39 is 91.8 Å². The molecule has 2 unspecified atom stereocenters. The molecule has 0 radical (unpaired) electrons. The van der Waals surface area contributed by atoms with Gasteiger partial charge in [-0.1, -0.05) is 24.3 Å². The number of aromatic hydroxyl groups is 2. The summed E-state index contributed by atoms with van der Waals surface area (Å²) in [5.41, 5.74) is -8.21. The molecule has 9 heteroatoms. The molecule has 2 aromatic carbocycles. The normalized spacial score (nSPS) is 40.1. The predicted molar refractivity (Wildman–Crippen MR) is 122 cm³/mol. The molecule has 184 valence electrons. The van der Waals surface area contributed by atoms with Gasteiger partial charge in [-0.2, -0.15) is 0 Å². The molecule has 6 aliphatic rings. The van der Waals surface area contributed by atoms with Crippen LogP contribution >= 0.6 is 0 Å². The molecule has 7 atom stereocenters. The van der Waals surface area contributed by atoms with Crippen molar-refractivity contribution in [3.63, 3.8) is 0 Å². The van der Waals surface area contributed by atoms with Crippen LogP contribution in [0.4, 0.5) is 0 Å². The van der Waals surface area contributed by atoms with Gasteiger partial charge in [0.15, 0.2) is 28.7 Å². The Kier molecular flexibility index (Phi) is 3.25. The minimum atomic E-state index is -2.94. The van der Waals surface area contributed by atoms with Crippen LogP contribution in [0.15, 0.2) is 42.0 Å². The Balaban J connectivity index is 1.52. The molecule has 6 aliphatic carbocycles. The number of allylic oxidation sites excluding steroid dienone is 1. The number of hydrogen-bond donors (Lipinski definition) is 4. The van der Waals surface area contributed by atoms with Crippen molar-refractivity contribution in [2.75, 3.05) is 0 Å². The van der Waals surface area contributed by atoms with Gasteiger partial charge in [0, 0.05) is 23.0 Å². The molecular formula is C28H18O9. The summed E-state index contributed by atoms with van der Waals surface area (Å²) in [6.07, 6.45) is -0.0289. The van der Waals surface area contributed by atoms with E-state index >= 15 is 0 Å². The first-order chi connectivity index (χ1) is 17.6. The second-order valence-electron chi connectivity index (χ2n) is 11.1. The maximum absolute atomic E-state index is 14.3. The van der Waals surface area contributed by atoms with Gasteiger partial charge in [0.05, 0.1) is 27.5 Å². The summed E-state index contributed by atoms with van der Waals surface area (Å²) in [5, 5.41) is 44.4.